The van der Waals surface area contributed by atoms with Crippen molar-refractivity contribution in [2.45, 2.75) is 13.1 Å². The summed E-state index contributed by atoms with van der Waals surface area (Å²) in [4.78, 5) is 11.0. The first-order chi connectivity index (χ1) is 12.1. The molecule has 0 saturated carbocycles. The molecule has 0 spiro atoms. The van der Waals surface area contributed by atoms with E-state index in [1.54, 1.807) is 7.05 Å². The lowest BCUT2D eigenvalue weighted by Gasteiger charge is -2.22. The molecule has 6 heteroatoms. The molecule has 0 aliphatic heterocycles. The zero-order valence-electron chi connectivity index (χ0n) is 14.7. The van der Waals surface area contributed by atoms with Gasteiger partial charge in [0.2, 0.25) is 0 Å². The maximum Gasteiger partial charge on any atom is 0.194 e. The van der Waals surface area contributed by atoms with Gasteiger partial charge in [-0.3, -0.25) is 9.98 Å². The molecule has 5 nitrogen and oxygen atoms in total. The average molecular weight is 400 g/mol. The SMILES string of the molecule is CN=C(NCc1cccc2cccnc12)N(C)Cc1cc(Br)cn1C. The monoisotopic (exact) mass is 399 g/mol. The van der Waals surface area contributed by atoms with Gasteiger partial charge in [0.05, 0.1) is 12.1 Å². The molecule has 0 radical (unpaired) electrons. The summed E-state index contributed by atoms with van der Waals surface area (Å²) in [6.07, 6.45) is 3.89. The molecule has 3 aromatic rings. The van der Waals surface area contributed by atoms with E-state index in [4.69, 9.17) is 0 Å². The van der Waals surface area contributed by atoms with E-state index in [9.17, 15) is 0 Å². The highest BCUT2D eigenvalue weighted by Gasteiger charge is 2.10. The van der Waals surface area contributed by atoms with Crippen molar-refractivity contribution >= 4 is 32.8 Å². The Kier molecular flexibility index (Phi) is 5.38. The highest BCUT2D eigenvalue weighted by Crippen LogP contribution is 2.17. The van der Waals surface area contributed by atoms with Crippen LogP contribution >= 0.6 is 15.9 Å². The minimum absolute atomic E-state index is 0.683. The third-order valence-corrected chi connectivity index (χ3v) is 4.63. The number of pyridine rings is 1. The van der Waals surface area contributed by atoms with E-state index in [2.05, 4.69) is 77.2 Å². The number of nitrogens with one attached hydrogen (secondary N) is 1. The van der Waals surface area contributed by atoms with E-state index < -0.39 is 0 Å². The van der Waals surface area contributed by atoms with Gasteiger partial charge in [0.1, 0.15) is 0 Å². The number of hydrogen-bond acceptors (Lipinski definition) is 2. The van der Waals surface area contributed by atoms with E-state index in [0.717, 1.165) is 33.4 Å². The largest absolute Gasteiger partial charge is 0.352 e. The van der Waals surface area contributed by atoms with Crippen LogP contribution in [0.25, 0.3) is 10.9 Å². The number of para-hydroxylation sites is 1. The van der Waals surface area contributed by atoms with Crippen LogP contribution < -0.4 is 5.32 Å². The summed E-state index contributed by atoms with van der Waals surface area (Å²) in [5.74, 6) is 0.852. The zero-order chi connectivity index (χ0) is 17.8. The lowest BCUT2D eigenvalue weighted by atomic mass is 10.1. The van der Waals surface area contributed by atoms with Gasteiger partial charge in [0.15, 0.2) is 5.96 Å². The van der Waals surface area contributed by atoms with E-state index in [1.807, 2.05) is 26.4 Å². The van der Waals surface area contributed by atoms with Gasteiger partial charge in [-0.15, -0.1) is 0 Å². The second kappa shape index (κ2) is 7.70. The van der Waals surface area contributed by atoms with Crippen LogP contribution in [0.1, 0.15) is 11.3 Å². The number of fused-ring (bicyclic) bond motifs is 1. The molecule has 0 aliphatic rings. The molecule has 1 N–H and O–H groups in total. The Morgan fingerprint density at radius 3 is 2.84 bits per heavy atom. The number of aryl methyl sites for hydroxylation is 1. The summed E-state index contributed by atoms with van der Waals surface area (Å²) in [5.41, 5.74) is 3.40. The third-order valence-electron chi connectivity index (χ3n) is 4.20. The van der Waals surface area contributed by atoms with Crippen LogP contribution in [0, 0.1) is 0 Å². The van der Waals surface area contributed by atoms with Crippen molar-refractivity contribution in [3.8, 4) is 0 Å². The Bertz CT molecular complexity index is 894. The Hall–Kier alpha value is -2.34. The molecule has 0 fully saturated rings. The van der Waals surface area contributed by atoms with Crippen molar-refractivity contribution in [3.05, 3.63) is 64.5 Å². The van der Waals surface area contributed by atoms with E-state index in [0.29, 0.717) is 6.54 Å². The van der Waals surface area contributed by atoms with E-state index in [1.165, 1.54) is 5.69 Å². The van der Waals surface area contributed by atoms with Gasteiger partial charge in [0, 0.05) is 55.6 Å². The summed E-state index contributed by atoms with van der Waals surface area (Å²) < 4.78 is 3.20. The third kappa shape index (κ3) is 4.02. The van der Waals surface area contributed by atoms with Gasteiger partial charge in [-0.1, -0.05) is 24.3 Å². The number of aliphatic imine (C=N–C) groups is 1. The number of aromatic nitrogens is 2. The molecule has 2 aromatic heterocycles. The van der Waals surface area contributed by atoms with Crippen LogP contribution in [0.15, 0.2) is 58.3 Å². The summed E-state index contributed by atoms with van der Waals surface area (Å²) >= 11 is 3.52. The predicted octanol–water partition coefficient (Wildman–Crippen LogP) is 3.54. The van der Waals surface area contributed by atoms with Crippen LogP contribution in [0.5, 0.6) is 0 Å². The van der Waals surface area contributed by atoms with Gasteiger partial charge in [-0.05, 0) is 33.6 Å². The number of halogens is 1. The smallest absolute Gasteiger partial charge is 0.194 e. The standard InChI is InChI=1S/C19H22BrN5/c1-21-19(25(3)13-17-10-16(20)12-24(17)2)23-11-15-7-4-6-14-8-5-9-22-18(14)15/h4-10,12H,11,13H2,1-3H3,(H,21,23). The molecule has 0 aliphatic carbocycles. The van der Waals surface area contributed by atoms with Crippen molar-refractivity contribution in [3.63, 3.8) is 0 Å². The minimum atomic E-state index is 0.683. The average Bonchev–Trinajstić information content (AvgIpc) is 2.92. The maximum absolute atomic E-state index is 4.51. The van der Waals surface area contributed by atoms with Crippen LogP contribution in [0.2, 0.25) is 0 Å². The fraction of sp³-hybridized carbons (Fsp3) is 0.263. The molecule has 0 amide bonds. The molecular weight excluding hydrogens is 378 g/mol. The summed E-state index contributed by atoms with van der Waals surface area (Å²) in [5, 5.41) is 4.59. The van der Waals surface area contributed by atoms with Crippen LogP contribution in [-0.4, -0.2) is 34.5 Å². The zero-order valence-corrected chi connectivity index (χ0v) is 16.3. The van der Waals surface area contributed by atoms with Gasteiger partial charge in [-0.25, -0.2) is 0 Å². The first-order valence-electron chi connectivity index (χ1n) is 8.13. The molecule has 0 bridgehead atoms. The van der Waals surface area contributed by atoms with Gasteiger partial charge in [0.25, 0.3) is 0 Å². The summed E-state index contributed by atoms with van der Waals surface area (Å²) in [6.45, 7) is 1.46. The minimum Gasteiger partial charge on any atom is -0.352 e. The number of benzene rings is 1. The lowest BCUT2D eigenvalue weighted by Crippen LogP contribution is -2.38. The van der Waals surface area contributed by atoms with Gasteiger partial charge in [-0.2, -0.15) is 0 Å². The molecule has 1 aromatic carbocycles. The molecule has 0 saturated heterocycles. The first kappa shape index (κ1) is 17.5. The van der Waals surface area contributed by atoms with Crippen molar-refractivity contribution in [2.24, 2.45) is 12.0 Å². The van der Waals surface area contributed by atoms with Gasteiger partial charge >= 0.3 is 0 Å². The highest BCUT2D eigenvalue weighted by molar-refractivity contribution is 9.10. The molecule has 130 valence electrons. The van der Waals surface area contributed by atoms with Crippen molar-refractivity contribution in [1.29, 1.82) is 0 Å². The molecule has 2 heterocycles. The van der Waals surface area contributed by atoms with Crippen LogP contribution in [-0.2, 0) is 20.1 Å². The second-order valence-corrected chi connectivity index (χ2v) is 6.93. The summed E-state index contributed by atoms with van der Waals surface area (Å²) in [7, 11) is 5.89. The summed E-state index contributed by atoms with van der Waals surface area (Å²) in [6, 6.07) is 12.4. The highest BCUT2D eigenvalue weighted by atomic mass is 79.9. The second-order valence-electron chi connectivity index (χ2n) is 6.01. The topological polar surface area (TPSA) is 45.5 Å². The fourth-order valence-electron chi connectivity index (χ4n) is 2.91. The Morgan fingerprint density at radius 2 is 2.12 bits per heavy atom. The molecule has 0 atom stereocenters. The number of rotatable bonds is 4. The Labute approximate surface area is 156 Å². The van der Waals surface area contributed by atoms with E-state index >= 15 is 0 Å². The van der Waals surface area contributed by atoms with Crippen LogP contribution in [0.3, 0.4) is 0 Å². The molecular formula is C19H22BrN5. The maximum atomic E-state index is 4.51. The fourth-order valence-corrected chi connectivity index (χ4v) is 3.48. The predicted molar refractivity (Wildman–Crippen MR) is 107 cm³/mol. The molecule has 0 unspecified atom stereocenters. The molecule has 25 heavy (non-hydrogen) atoms. The van der Waals surface area contributed by atoms with Crippen molar-refractivity contribution < 1.29 is 0 Å². The number of nitrogens with zero attached hydrogens (tertiary/aromatic N) is 4. The number of hydrogen-bond donors (Lipinski definition) is 1. The first-order valence-corrected chi connectivity index (χ1v) is 8.93. The van der Waals surface area contributed by atoms with E-state index in [-0.39, 0.29) is 0 Å². The quantitative estimate of drug-likeness (QED) is 0.538. The Morgan fingerprint density at radius 1 is 1.32 bits per heavy atom. The van der Waals surface area contributed by atoms with Crippen molar-refractivity contribution in [1.82, 2.24) is 19.8 Å². The number of guanidine groups is 1. The lowest BCUT2D eigenvalue weighted by molar-refractivity contribution is 0.462. The van der Waals surface area contributed by atoms with Gasteiger partial charge < -0.3 is 14.8 Å². The Balaban J connectivity index is 1.71. The van der Waals surface area contributed by atoms with Crippen LogP contribution in [0.4, 0.5) is 0 Å². The molecule has 3 rings (SSSR count). The van der Waals surface area contributed by atoms with Crippen molar-refractivity contribution in [2.75, 3.05) is 14.1 Å². The normalized spacial score (nSPS) is 11.8.